The number of aryl methyl sites for hydroxylation is 2. The maximum Gasteiger partial charge on any atom is 0.230 e. The number of aromatic nitrogens is 2. The number of thioether (sulfide) groups is 1. The molecule has 1 aromatic rings. The Morgan fingerprint density at radius 1 is 1.22 bits per heavy atom. The lowest BCUT2D eigenvalue weighted by Gasteiger charge is -2.22. The highest BCUT2D eigenvalue weighted by molar-refractivity contribution is 7.99. The molecule has 1 aromatic heterocycles. The van der Waals surface area contributed by atoms with Gasteiger partial charge in [-0.2, -0.15) is 0 Å². The predicted molar refractivity (Wildman–Crippen MR) is 91.5 cm³/mol. The molecule has 1 N–H and O–H groups in total. The third-order valence-corrected chi connectivity index (χ3v) is 6.63. The molecule has 0 saturated heterocycles. The van der Waals surface area contributed by atoms with Crippen LogP contribution in [0.2, 0.25) is 0 Å². The molecule has 4 nitrogen and oxygen atoms in total. The topological polar surface area (TPSA) is 54.9 Å². The highest BCUT2D eigenvalue weighted by atomic mass is 32.2. The van der Waals surface area contributed by atoms with E-state index in [1.807, 2.05) is 0 Å². The molecule has 0 radical (unpaired) electrons. The van der Waals surface area contributed by atoms with E-state index in [-0.39, 0.29) is 5.91 Å². The molecular formula is C18H25N3OS. The second kappa shape index (κ2) is 6.42. The first-order valence-electron chi connectivity index (χ1n) is 8.97. The van der Waals surface area contributed by atoms with Crippen LogP contribution in [0, 0.1) is 18.8 Å². The van der Waals surface area contributed by atoms with Gasteiger partial charge in [0.2, 0.25) is 5.91 Å². The van der Waals surface area contributed by atoms with Crippen LogP contribution in [0.3, 0.4) is 0 Å². The number of nitrogens with zero attached hydrogens (tertiary/aromatic N) is 2. The minimum Gasteiger partial charge on any atom is -0.352 e. The molecule has 5 heteroatoms. The van der Waals surface area contributed by atoms with Crippen molar-refractivity contribution in [2.24, 2.45) is 11.8 Å². The third-order valence-electron chi connectivity index (χ3n) is 5.79. The van der Waals surface area contributed by atoms with Gasteiger partial charge in [0.05, 0.1) is 5.75 Å². The fraction of sp³-hybridized carbons (Fsp3) is 0.722. The van der Waals surface area contributed by atoms with E-state index in [1.165, 1.54) is 61.5 Å². The van der Waals surface area contributed by atoms with Gasteiger partial charge in [-0.1, -0.05) is 18.2 Å². The second-order valence-electron chi connectivity index (χ2n) is 7.36. The normalized spacial score (nSPS) is 28.7. The molecule has 2 fully saturated rings. The summed E-state index contributed by atoms with van der Waals surface area (Å²) in [4.78, 5) is 21.5. The van der Waals surface area contributed by atoms with Crippen molar-refractivity contribution in [2.75, 3.05) is 5.75 Å². The van der Waals surface area contributed by atoms with Gasteiger partial charge in [0, 0.05) is 17.4 Å². The molecule has 4 rings (SSSR count). The number of carbonyl (C=O) groups excluding carboxylic acids is 1. The van der Waals surface area contributed by atoms with Crippen LogP contribution in [0.5, 0.6) is 0 Å². The molecular weight excluding hydrogens is 306 g/mol. The fourth-order valence-corrected chi connectivity index (χ4v) is 5.34. The standard InChI is InChI=1S/C18H25N3OS/c1-11-14-4-2-3-5-15(14)21-18(19-11)23-10-17(22)20-16-9-12-6-7-13(16)8-12/h12-13,16H,2-10H2,1H3,(H,20,22)/t12-,13+,16-/m0/s1. The molecule has 3 atom stereocenters. The van der Waals surface area contributed by atoms with Gasteiger partial charge in [-0.15, -0.1) is 0 Å². The van der Waals surface area contributed by atoms with Crippen molar-refractivity contribution < 1.29 is 4.79 Å². The average molecular weight is 331 g/mol. The number of hydrogen-bond donors (Lipinski definition) is 1. The summed E-state index contributed by atoms with van der Waals surface area (Å²) in [6.45, 7) is 2.07. The Labute approximate surface area is 142 Å². The van der Waals surface area contributed by atoms with Crippen LogP contribution < -0.4 is 5.32 Å². The lowest BCUT2D eigenvalue weighted by molar-refractivity contribution is -0.119. The van der Waals surface area contributed by atoms with E-state index in [0.29, 0.717) is 11.8 Å². The van der Waals surface area contributed by atoms with Gasteiger partial charge >= 0.3 is 0 Å². The SMILES string of the molecule is Cc1nc(SCC(=O)N[C@H]2C[C@H]3CC[C@@H]2C3)nc2c1CCCC2. The number of fused-ring (bicyclic) bond motifs is 3. The Morgan fingerprint density at radius 2 is 2.09 bits per heavy atom. The van der Waals surface area contributed by atoms with E-state index < -0.39 is 0 Å². The molecule has 0 spiro atoms. The molecule has 1 heterocycles. The Hall–Kier alpha value is -1.10. The first-order chi connectivity index (χ1) is 11.2. The Kier molecular flexibility index (Phi) is 4.31. The van der Waals surface area contributed by atoms with Crippen molar-refractivity contribution in [3.05, 3.63) is 17.0 Å². The summed E-state index contributed by atoms with van der Waals surface area (Å²) in [5.41, 5.74) is 3.65. The van der Waals surface area contributed by atoms with E-state index in [2.05, 4.69) is 22.2 Å². The van der Waals surface area contributed by atoms with E-state index in [9.17, 15) is 4.79 Å². The molecule has 0 unspecified atom stereocenters. The molecule has 3 aliphatic rings. The van der Waals surface area contributed by atoms with Gasteiger partial charge in [0.25, 0.3) is 0 Å². The molecule has 1 amide bonds. The lowest BCUT2D eigenvalue weighted by Crippen LogP contribution is -2.39. The first-order valence-corrected chi connectivity index (χ1v) is 9.96. The van der Waals surface area contributed by atoms with Gasteiger partial charge in [-0.05, 0) is 69.3 Å². The number of nitrogens with one attached hydrogen (secondary N) is 1. The quantitative estimate of drug-likeness (QED) is 0.680. The summed E-state index contributed by atoms with van der Waals surface area (Å²) in [7, 11) is 0. The van der Waals surface area contributed by atoms with Crippen molar-refractivity contribution in [3.8, 4) is 0 Å². The third kappa shape index (κ3) is 3.25. The van der Waals surface area contributed by atoms with Crippen LogP contribution in [0.4, 0.5) is 0 Å². The zero-order chi connectivity index (χ0) is 15.8. The monoisotopic (exact) mass is 331 g/mol. The van der Waals surface area contributed by atoms with Crippen molar-refractivity contribution in [1.29, 1.82) is 0 Å². The van der Waals surface area contributed by atoms with Crippen LogP contribution in [-0.2, 0) is 17.6 Å². The Morgan fingerprint density at radius 3 is 2.87 bits per heavy atom. The van der Waals surface area contributed by atoms with Gasteiger partial charge in [-0.3, -0.25) is 4.79 Å². The second-order valence-corrected chi connectivity index (χ2v) is 8.30. The summed E-state index contributed by atoms with van der Waals surface area (Å²) >= 11 is 1.48. The fourth-order valence-electron chi connectivity index (χ4n) is 4.62. The van der Waals surface area contributed by atoms with Crippen LogP contribution in [0.15, 0.2) is 5.16 Å². The summed E-state index contributed by atoms with van der Waals surface area (Å²) in [5.74, 6) is 2.18. The maximum atomic E-state index is 12.2. The number of rotatable bonds is 4. The van der Waals surface area contributed by atoms with Crippen molar-refractivity contribution in [1.82, 2.24) is 15.3 Å². The van der Waals surface area contributed by atoms with Crippen LogP contribution in [0.1, 0.15) is 55.5 Å². The van der Waals surface area contributed by atoms with Crippen LogP contribution >= 0.6 is 11.8 Å². The lowest BCUT2D eigenvalue weighted by atomic mass is 9.95. The first kappa shape index (κ1) is 15.4. The van der Waals surface area contributed by atoms with E-state index >= 15 is 0 Å². The summed E-state index contributed by atoms with van der Waals surface area (Å²) in [5, 5.41) is 4.01. The molecule has 124 valence electrons. The van der Waals surface area contributed by atoms with Crippen molar-refractivity contribution in [2.45, 2.75) is 69.5 Å². The Balaban J connectivity index is 1.33. The molecule has 3 aliphatic carbocycles. The molecule has 2 saturated carbocycles. The molecule has 0 aromatic carbocycles. The molecule has 2 bridgehead atoms. The predicted octanol–water partition coefficient (Wildman–Crippen LogP) is 3.06. The number of carbonyl (C=O) groups is 1. The summed E-state index contributed by atoms with van der Waals surface area (Å²) in [6.07, 6.45) is 9.82. The highest BCUT2D eigenvalue weighted by Gasteiger charge is 2.40. The van der Waals surface area contributed by atoms with E-state index in [1.54, 1.807) is 0 Å². The Bertz CT molecular complexity index is 619. The summed E-state index contributed by atoms with van der Waals surface area (Å²) in [6, 6.07) is 0.424. The number of amides is 1. The minimum absolute atomic E-state index is 0.145. The summed E-state index contributed by atoms with van der Waals surface area (Å²) < 4.78 is 0. The van der Waals surface area contributed by atoms with Gasteiger partial charge in [0.1, 0.15) is 0 Å². The minimum atomic E-state index is 0.145. The van der Waals surface area contributed by atoms with E-state index in [0.717, 1.165) is 35.5 Å². The van der Waals surface area contributed by atoms with E-state index in [4.69, 9.17) is 0 Å². The number of hydrogen-bond acceptors (Lipinski definition) is 4. The molecule has 0 aliphatic heterocycles. The zero-order valence-corrected chi connectivity index (χ0v) is 14.6. The van der Waals surface area contributed by atoms with Gasteiger partial charge < -0.3 is 5.32 Å². The smallest absolute Gasteiger partial charge is 0.230 e. The average Bonchev–Trinajstić information content (AvgIpc) is 3.16. The van der Waals surface area contributed by atoms with Crippen LogP contribution in [-0.4, -0.2) is 27.7 Å². The highest BCUT2D eigenvalue weighted by Crippen LogP contribution is 2.44. The largest absolute Gasteiger partial charge is 0.352 e. The van der Waals surface area contributed by atoms with Crippen LogP contribution in [0.25, 0.3) is 0 Å². The van der Waals surface area contributed by atoms with Crippen molar-refractivity contribution in [3.63, 3.8) is 0 Å². The molecule has 23 heavy (non-hydrogen) atoms. The van der Waals surface area contributed by atoms with Gasteiger partial charge in [-0.25, -0.2) is 9.97 Å². The zero-order valence-electron chi connectivity index (χ0n) is 13.8. The van der Waals surface area contributed by atoms with Gasteiger partial charge in [0.15, 0.2) is 5.16 Å². The maximum absolute atomic E-state index is 12.2. The van der Waals surface area contributed by atoms with Crippen molar-refractivity contribution >= 4 is 17.7 Å².